The first kappa shape index (κ1) is 33.1. The summed E-state index contributed by atoms with van der Waals surface area (Å²) in [5.74, 6) is -4.92. The van der Waals surface area contributed by atoms with Gasteiger partial charge in [0.15, 0.2) is 5.69 Å². The number of carboxylic acids is 2. The fraction of sp³-hybridized carbons (Fsp3) is 0.524. The lowest BCUT2D eigenvalue weighted by molar-refractivity contribution is -0.193. The zero-order valence-electron chi connectivity index (χ0n) is 20.5. The summed E-state index contributed by atoms with van der Waals surface area (Å²) in [6.45, 7) is 3.09. The molecule has 12 nitrogen and oxygen atoms in total. The van der Waals surface area contributed by atoms with Crippen LogP contribution >= 0.6 is 0 Å². The van der Waals surface area contributed by atoms with Crippen LogP contribution in [-0.2, 0) is 9.59 Å². The standard InChI is InChI=1S/C17H25N7O.2C2HF3O2/c1-12-6-7-19-16(10-12)20-8-9-21-17(25)15-11-24(23-22-15)14-4-2-13(18)3-5-14;2*3-2(4,5)1(6)7/h6-7,10-11,13-14H,2-5,8-9,18H2,1H3,(H,19,20)(H,21,25);2*(H,6,7). The smallest absolute Gasteiger partial charge is 0.475 e. The van der Waals surface area contributed by atoms with Crippen molar-refractivity contribution in [2.45, 2.75) is 57.0 Å². The molecule has 1 aliphatic carbocycles. The van der Waals surface area contributed by atoms with Crippen LogP contribution in [0.3, 0.4) is 0 Å². The van der Waals surface area contributed by atoms with E-state index in [1.54, 1.807) is 17.1 Å². The number of rotatable bonds is 6. The molecule has 0 aliphatic heterocycles. The average Bonchev–Trinajstić information content (AvgIpc) is 3.32. The van der Waals surface area contributed by atoms with Gasteiger partial charge in [0, 0.05) is 25.3 Å². The minimum Gasteiger partial charge on any atom is -0.475 e. The highest BCUT2D eigenvalue weighted by Gasteiger charge is 2.38. The van der Waals surface area contributed by atoms with Crippen LogP contribution in [-0.4, -0.2) is 79.5 Å². The molecular formula is C21H27F6N7O5. The van der Waals surface area contributed by atoms with E-state index in [-0.39, 0.29) is 11.9 Å². The van der Waals surface area contributed by atoms with Crippen LogP contribution in [0.4, 0.5) is 32.2 Å². The van der Waals surface area contributed by atoms with E-state index in [0.29, 0.717) is 24.8 Å². The van der Waals surface area contributed by atoms with E-state index in [2.05, 4.69) is 25.9 Å². The van der Waals surface area contributed by atoms with Gasteiger partial charge in [-0.25, -0.2) is 19.3 Å². The molecular weight excluding hydrogens is 544 g/mol. The number of anilines is 1. The molecule has 6 N–H and O–H groups in total. The van der Waals surface area contributed by atoms with Gasteiger partial charge in [-0.2, -0.15) is 26.3 Å². The Balaban J connectivity index is 0.000000449. The van der Waals surface area contributed by atoms with E-state index in [1.165, 1.54) is 0 Å². The summed E-state index contributed by atoms with van der Waals surface area (Å²) in [4.78, 5) is 34.2. The van der Waals surface area contributed by atoms with E-state index in [0.717, 1.165) is 37.1 Å². The molecule has 3 rings (SSSR count). The van der Waals surface area contributed by atoms with Gasteiger partial charge in [-0.15, -0.1) is 5.10 Å². The summed E-state index contributed by atoms with van der Waals surface area (Å²) in [6, 6.07) is 4.49. The number of hydrogen-bond acceptors (Lipinski definition) is 8. The van der Waals surface area contributed by atoms with Gasteiger partial charge < -0.3 is 26.6 Å². The third-order valence-corrected chi connectivity index (χ3v) is 4.98. The third-order valence-electron chi connectivity index (χ3n) is 4.98. The molecule has 1 aliphatic rings. The van der Waals surface area contributed by atoms with Gasteiger partial charge in [0.1, 0.15) is 5.82 Å². The van der Waals surface area contributed by atoms with Crippen molar-refractivity contribution in [3.63, 3.8) is 0 Å². The Hall–Kier alpha value is -3.96. The number of aromatic nitrogens is 4. The van der Waals surface area contributed by atoms with Gasteiger partial charge in [-0.1, -0.05) is 5.21 Å². The van der Waals surface area contributed by atoms with Gasteiger partial charge in [0.25, 0.3) is 5.91 Å². The Morgan fingerprint density at radius 1 is 1.03 bits per heavy atom. The molecule has 1 saturated carbocycles. The quantitative estimate of drug-likeness (QED) is 0.255. The van der Waals surface area contributed by atoms with E-state index in [1.807, 2.05) is 19.1 Å². The van der Waals surface area contributed by atoms with Crippen molar-refractivity contribution in [2.24, 2.45) is 5.73 Å². The molecule has 18 heteroatoms. The third kappa shape index (κ3) is 12.9. The molecule has 0 unspecified atom stereocenters. The van der Waals surface area contributed by atoms with Gasteiger partial charge in [0.05, 0.1) is 12.2 Å². The molecule has 1 fully saturated rings. The zero-order chi connectivity index (χ0) is 29.8. The van der Waals surface area contributed by atoms with E-state index in [9.17, 15) is 31.1 Å². The van der Waals surface area contributed by atoms with Gasteiger partial charge in [-0.05, 0) is 50.3 Å². The van der Waals surface area contributed by atoms with Crippen molar-refractivity contribution in [1.82, 2.24) is 25.3 Å². The number of hydrogen-bond donors (Lipinski definition) is 5. The molecule has 2 aromatic rings. The molecule has 0 radical (unpaired) electrons. The number of nitrogens with two attached hydrogens (primary N) is 1. The topological polar surface area (TPSA) is 185 Å². The largest absolute Gasteiger partial charge is 0.490 e. The number of alkyl halides is 6. The average molecular weight is 571 g/mol. The number of aliphatic carboxylic acids is 2. The highest BCUT2D eigenvalue weighted by molar-refractivity contribution is 5.91. The summed E-state index contributed by atoms with van der Waals surface area (Å²) in [5.41, 5.74) is 7.42. The van der Waals surface area contributed by atoms with Crippen molar-refractivity contribution < 1.29 is 50.9 Å². The summed E-state index contributed by atoms with van der Waals surface area (Å²) >= 11 is 0. The number of halogens is 6. The number of carbonyl (C=O) groups excluding carboxylic acids is 1. The maximum atomic E-state index is 12.2. The Bertz CT molecular complexity index is 1060. The molecule has 2 heterocycles. The van der Waals surface area contributed by atoms with Crippen molar-refractivity contribution in [3.8, 4) is 0 Å². The second-order valence-corrected chi connectivity index (χ2v) is 8.16. The lowest BCUT2D eigenvalue weighted by Crippen LogP contribution is -2.29. The molecule has 0 bridgehead atoms. The van der Waals surface area contributed by atoms with Crippen molar-refractivity contribution in [3.05, 3.63) is 35.8 Å². The monoisotopic (exact) mass is 571 g/mol. The fourth-order valence-electron chi connectivity index (χ4n) is 3.02. The van der Waals surface area contributed by atoms with Crippen molar-refractivity contribution >= 4 is 23.7 Å². The summed E-state index contributed by atoms with van der Waals surface area (Å²) in [5, 5.41) is 28.4. The lowest BCUT2D eigenvalue weighted by Gasteiger charge is -2.25. The minimum absolute atomic E-state index is 0.210. The first-order valence-corrected chi connectivity index (χ1v) is 11.2. The Morgan fingerprint density at radius 2 is 1.56 bits per heavy atom. The highest BCUT2D eigenvalue weighted by atomic mass is 19.4. The van der Waals surface area contributed by atoms with Crippen LogP contribution in [0.15, 0.2) is 24.5 Å². The van der Waals surface area contributed by atoms with Crippen LogP contribution in [0.1, 0.15) is 47.8 Å². The number of amides is 1. The Labute approximate surface area is 217 Å². The second-order valence-electron chi connectivity index (χ2n) is 8.16. The molecule has 39 heavy (non-hydrogen) atoms. The molecule has 0 spiro atoms. The SMILES string of the molecule is Cc1ccnc(NCCNC(=O)c2cn(C3CCC(N)CC3)nn2)c1.O=C(O)C(F)(F)F.O=C(O)C(F)(F)F. The van der Waals surface area contributed by atoms with Crippen LogP contribution < -0.4 is 16.4 Å². The van der Waals surface area contributed by atoms with Gasteiger partial charge in [0.2, 0.25) is 0 Å². The lowest BCUT2D eigenvalue weighted by atomic mass is 9.92. The van der Waals surface area contributed by atoms with Crippen LogP contribution in [0.25, 0.3) is 0 Å². The number of pyridine rings is 1. The summed E-state index contributed by atoms with van der Waals surface area (Å²) in [7, 11) is 0. The van der Waals surface area contributed by atoms with Crippen LogP contribution in [0, 0.1) is 6.92 Å². The van der Waals surface area contributed by atoms with Crippen molar-refractivity contribution in [1.29, 1.82) is 0 Å². The first-order valence-electron chi connectivity index (χ1n) is 11.2. The number of aryl methyl sites for hydroxylation is 1. The predicted octanol–water partition coefficient (Wildman–Crippen LogP) is 2.53. The van der Waals surface area contributed by atoms with Crippen molar-refractivity contribution in [2.75, 3.05) is 18.4 Å². The summed E-state index contributed by atoms with van der Waals surface area (Å²) in [6.07, 6.45) is -2.73. The normalized spacial score (nSPS) is 17.0. The maximum Gasteiger partial charge on any atom is 0.490 e. The molecule has 1 amide bonds. The van der Waals surface area contributed by atoms with E-state index in [4.69, 9.17) is 25.5 Å². The zero-order valence-corrected chi connectivity index (χ0v) is 20.5. The van der Waals surface area contributed by atoms with Gasteiger partial charge >= 0.3 is 24.3 Å². The molecule has 0 saturated heterocycles. The summed E-state index contributed by atoms with van der Waals surface area (Å²) < 4.78 is 65.3. The number of carbonyl (C=O) groups is 3. The second kappa shape index (κ2) is 14.8. The maximum absolute atomic E-state index is 12.2. The highest BCUT2D eigenvalue weighted by Crippen LogP contribution is 2.26. The van der Waals surface area contributed by atoms with Crippen LogP contribution in [0.2, 0.25) is 0 Å². The van der Waals surface area contributed by atoms with E-state index >= 15 is 0 Å². The number of carboxylic acid groups (broad SMARTS) is 2. The van der Waals surface area contributed by atoms with Gasteiger partial charge in [-0.3, -0.25) is 4.79 Å². The number of nitrogens with zero attached hydrogens (tertiary/aromatic N) is 4. The Morgan fingerprint density at radius 3 is 2.05 bits per heavy atom. The Kier molecular flexibility index (Phi) is 12.6. The van der Waals surface area contributed by atoms with Crippen LogP contribution in [0.5, 0.6) is 0 Å². The number of nitrogens with one attached hydrogen (secondary N) is 2. The van der Waals surface area contributed by atoms with E-state index < -0.39 is 24.3 Å². The molecule has 2 aromatic heterocycles. The predicted molar refractivity (Wildman–Crippen MR) is 123 cm³/mol. The molecule has 218 valence electrons. The first-order chi connectivity index (χ1) is 18.0. The fourth-order valence-corrected chi connectivity index (χ4v) is 3.02. The molecule has 0 atom stereocenters. The molecule has 0 aromatic carbocycles. The minimum atomic E-state index is -5.08.